The van der Waals surface area contributed by atoms with Crippen molar-refractivity contribution in [3.05, 3.63) is 41.8 Å². The van der Waals surface area contributed by atoms with Crippen LogP contribution in [0.25, 0.3) is 10.9 Å². The molecule has 1 aliphatic heterocycles. The summed E-state index contributed by atoms with van der Waals surface area (Å²) in [6, 6.07) is 7.06. The van der Waals surface area contributed by atoms with Gasteiger partial charge in [-0.15, -0.1) is 0 Å². The van der Waals surface area contributed by atoms with E-state index in [1.165, 1.54) is 12.5 Å². The third-order valence-corrected chi connectivity index (χ3v) is 4.13. The van der Waals surface area contributed by atoms with Crippen molar-refractivity contribution in [2.75, 3.05) is 13.2 Å². The number of benzene rings is 1. The third kappa shape index (κ3) is 2.53. The second-order valence-electron chi connectivity index (χ2n) is 5.41. The molecule has 1 N–H and O–H groups in total. The number of hydrogen-bond donors (Lipinski definition) is 1. The van der Waals surface area contributed by atoms with E-state index in [0.29, 0.717) is 5.39 Å². The minimum atomic E-state index is -0.228. The number of nitrogens with zero attached hydrogens (tertiary/aromatic N) is 2. The fourth-order valence-corrected chi connectivity index (χ4v) is 3.02. The Morgan fingerprint density at radius 2 is 2.20 bits per heavy atom. The molecule has 1 saturated heterocycles. The molecule has 2 aromatic rings. The number of fused-ring (bicyclic) bond motifs is 1. The third-order valence-electron chi connectivity index (χ3n) is 4.13. The van der Waals surface area contributed by atoms with E-state index >= 15 is 0 Å². The average Bonchev–Trinajstić information content (AvgIpc) is 2.51. The van der Waals surface area contributed by atoms with Gasteiger partial charge in [-0.05, 0) is 43.1 Å². The molecule has 106 valence electrons. The number of aromatic nitrogens is 1. The molecule has 2 heterocycles. The predicted molar refractivity (Wildman–Crippen MR) is 76.8 cm³/mol. The Hall–Kier alpha value is -1.52. The smallest absolute Gasteiger partial charge is 0.132 e. The number of likely N-dealkylation sites (tertiary alicyclic amines) is 1. The van der Waals surface area contributed by atoms with E-state index in [1.807, 2.05) is 6.07 Å². The molecule has 0 spiro atoms. The highest BCUT2D eigenvalue weighted by Crippen LogP contribution is 2.24. The number of halogens is 1. The number of rotatable bonds is 3. The van der Waals surface area contributed by atoms with Gasteiger partial charge >= 0.3 is 0 Å². The van der Waals surface area contributed by atoms with Gasteiger partial charge in [-0.1, -0.05) is 12.5 Å². The number of hydrogen-bond acceptors (Lipinski definition) is 3. The van der Waals surface area contributed by atoms with Gasteiger partial charge in [-0.25, -0.2) is 4.39 Å². The van der Waals surface area contributed by atoms with Crippen LogP contribution in [0.5, 0.6) is 0 Å². The fraction of sp³-hybridized carbons (Fsp3) is 0.438. The monoisotopic (exact) mass is 274 g/mol. The molecule has 1 atom stereocenters. The van der Waals surface area contributed by atoms with Crippen LogP contribution in [0.3, 0.4) is 0 Å². The van der Waals surface area contributed by atoms with Crippen LogP contribution < -0.4 is 0 Å². The lowest BCUT2D eigenvalue weighted by Gasteiger charge is -2.34. The minimum Gasteiger partial charge on any atom is -0.395 e. The molecule has 1 unspecified atom stereocenters. The molecule has 0 saturated carbocycles. The molecule has 20 heavy (non-hydrogen) atoms. The van der Waals surface area contributed by atoms with Gasteiger partial charge in [0.2, 0.25) is 0 Å². The van der Waals surface area contributed by atoms with E-state index in [0.717, 1.165) is 37.0 Å². The van der Waals surface area contributed by atoms with Gasteiger partial charge in [-0.3, -0.25) is 9.88 Å². The number of pyridine rings is 1. The first-order valence-corrected chi connectivity index (χ1v) is 7.16. The summed E-state index contributed by atoms with van der Waals surface area (Å²) in [6.45, 7) is 1.89. The average molecular weight is 274 g/mol. The molecule has 0 bridgehead atoms. The van der Waals surface area contributed by atoms with Gasteiger partial charge < -0.3 is 5.11 Å². The van der Waals surface area contributed by atoms with Gasteiger partial charge in [0.15, 0.2) is 0 Å². The summed E-state index contributed by atoms with van der Waals surface area (Å²) >= 11 is 0. The van der Waals surface area contributed by atoms with Crippen LogP contribution >= 0.6 is 0 Å². The molecule has 0 aliphatic carbocycles. The minimum absolute atomic E-state index is 0.187. The zero-order chi connectivity index (χ0) is 13.9. The molecule has 3 rings (SSSR count). The van der Waals surface area contributed by atoms with E-state index in [1.54, 1.807) is 18.3 Å². The molecule has 1 aromatic heterocycles. The van der Waals surface area contributed by atoms with Crippen LogP contribution in [0.4, 0.5) is 4.39 Å². The number of aliphatic hydroxyl groups is 1. The van der Waals surface area contributed by atoms with Gasteiger partial charge in [-0.2, -0.15) is 0 Å². The van der Waals surface area contributed by atoms with Crippen molar-refractivity contribution in [1.29, 1.82) is 0 Å². The maximum atomic E-state index is 13.8. The van der Waals surface area contributed by atoms with Crippen molar-refractivity contribution in [2.45, 2.75) is 31.8 Å². The quantitative estimate of drug-likeness (QED) is 0.935. The molecular formula is C16H19FN2O. The first kappa shape index (κ1) is 13.5. The molecule has 1 fully saturated rings. The first-order chi connectivity index (χ1) is 9.79. The first-order valence-electron chi connectivity index (χ1n) is 7.16. The van der Waals surface area contributed by atoms with Gasteiger partial charge in [0, 0.05) is 24.2 Å². The van der Waals surface area contributed by atoms with Crippen LogP contribution in [-0.2, 0) is 6.54 Å². The Morgan fingerprint density at radius 1 is 1.30 bits per heavy atom. The standard InChI is InChI=1S/C16H19FN2O/c17-15-7-6-12(16-14(15)5-3-8-18-16)10-19-9-2-1-4-13(19)11-20/h3,5-8,13,20H,1-2,4,9-11H2. The summed E-state index contributed by atoms with van der Waals surface area (Å²) < 4.78 is 13.8. The zero-order valence-electron chi connectivity index (χ0n) is 11.4. The summed E-state index contributed by atoms with van der Waals surface area (Å²) in [5.74, 6) is -0.228. The van der Waals surface area contributed by atoms with Crippen molar-refractivity contribution >= 4 is 10.9 Å². The maximum Gasteiger partial charge on any atom is 0.132 e. The summed E-state index contributed by atoms with van der Waals surface area (Å²) in [5, 5.41) is 10.1. The van der Waals surface area contributed by atoms with Gasteiger partial charge in [0.1, 0.15) is 5.82 Å². The Bertz CT molecular complexity index is 602. The number of aliphatic hydroxyl groups excluding tert-OH is 1. The Kier molecular flexibility index (Phi) is 3.94. The molecule has 0 amide bonds. The molecule has 3 nitrogen and oxygen atoms in total. The highest BCUT2D eigenvalue weighted by molar-refractivity contribution is 5.82. The lowest BCUT2D eigenvalue weighted by molar-refractivity contribution is 0.0844. The topological polar surface area (TPSA) is 36.4 Å². The highest BCUT2D eigenvalue weighted by Gasteiger charge is 2.22. The van der Waals surface area contributed by atoms with E-state index in [2.05, 4.69) is 9.88 Å². The SMILES string of the molecule is OCC1CCCCN1Cc1ccc(F)c2cccnc12. The predicted octanol–water partition coefficient (Wildman–Crippen LogP) is 2.72. The van der Waals surface area contributed by atoms with Crippen molar-refractivity contribution < 1.29 is 9.50 Å². The summed E-state index contributed by atoms with van der Waals surface area (Å²) in [4.78, 5) is 6.61. The van der Waals surface area contributed by atoms with Crippen molar-refractivity contribution in [2.24, 2.45) is 0 Å². The number of piperidine rings is 1. The van der Waals surface area contributed by atoms with Crippen LogP contribution in [0.15, 0.2) is 30.5 Å². The van der Waals surface area contributed by atoms with E-state index in [-0.39, 0.29) is 18.5 Å². The molecule has 0 radical (unpaired) electrons. The fourth-order valence-electron chi connectivity index (χ4n) is 3.02. The van der Waals surface area contributed by atoms with Gasteiger partial charge in [0.05, 0.1) is 12.1 Å². The molecule has 1 aromatic carbocycles. The second-order valence-corrected chi connectivity index (χ2v) is 5.41. The van der Waals surface area contributed by atoms with Crippen LogP contribution in [0.1, 0.15) is 24.8 Å². The van der Waals surface area contributed by atoms with Crippen molar-refractivity contribution in [3.8, 4) is 0 Å². The summed E-state index contributed by atoms with van der Waals surface area (Å²) in [5.41, 5.74) is 1.76. The molecular weight excluding hydrogens is 255 g/mol. The highest BCUT2D eigenvalue weighted by atomic mass is 19.1. The Labute approximate surface area is 118 Å². The summed E-state index contributed by atoms with van der Waals surface area (Å²) in [6.07, 6.45) is 5.06. The van der Waals surface area contributed by atoms with Crippen LogP contribution in [0.2, 0.25) is 0 Å². The lowest BCUT2D eigenvalue weighted by atomic mass is 10.0. The van der Waals surface area contributed by atoms with Crippen molar-refractivity contribution in [3.63, 3.8) is 0 Å². The van der Waals surface area contributed by atoms with E-state index in [4.69, 9.17) is 0 Å². The van der Waals surface area contributed by atoms with E-state index in [9.17, 15) is 9.50 Å². The van der Waals surface area contributed by atoms with Crippen molar-refractivity contribution in [1.82, 2.24) is 9.88 Å². The Balaban J connectivity index is 1.92. The molecule has 1 aliphatic rings. The normalized spacial score (nSPS) is 20.4. The lowest BCUT2D eigenvalue weighted by Crippen LogP contribution is -2.41. The second kappa shape index (κ2) is 5.85. The van der Waals surface area contributed by atoms with Gasteiger partial charge in [0.25, 0.3) is 0 Å². The van der Waals surface area contributed by atoms with Crippen LogP contribution in [0, 0.1) is 5.82 Å². The van der Waals surface area contributed by atoms with E-state index < -0.39 is 0 Å². The Morgan fingerprint density at radius 3 is 3.05 bits per heavy atom. The maximum absolute atomic E-state index is 13.8. The summed E-state index contributed by atoms with van der Waals surface area (Å²) in [7, 11) is 0. The zero-order valence-corrected chi connectivity index (χ0v) is 11.4. The van der Waals surface area contributed by atoms with Crippen LogP contribution in [-0.4, -0.2) is 34.2 Å². The largest absolute Gasteiger partial charge is 0.395 e. The molecule has 4 heteroatoms.